The van der Waals surface area contributed by atoms with Gasteiger partial charge >= 0.3 is 0 Å². The fraction of sp³-hybridized carbons (Fsp3) is 0.538. The van der Waals surface area contributed by atoms with E-state index < -0.39 is 6.04 Å². The van der Waals surface area contributed by atoms with E-state index in [9.17, 15) is 4.79 Å². The van der Waals surface area contributed by atoms with Gasteiger partial charge < -0.3 is 16.0 Å². The molecule has 3 N–H and O–H groups in total. The number of nitrogens with one attached hydrogen (secondary N) is 1. The number of hydrogen-bond acceptors (Lipinski definition) is 4. The van der Waals surface area contributed by atoms with E-state index in [4.69, 9.17) is 5.73 Å². The van der Waals surface area contributed by atoms with Gasteiger partial charge in [0, 0.05) is 14.1 Å². The van der Waals surface area contributed by atoms with E-state index in [1.165, 1.54) is 0 Å². The van der Waals surface area contributed by atoms with Crippen molar-refractivity contribution in [2.75, 3.05) is 19.0 Å². The Morgan fingerprint density at radius 1 is 1.47 bits per heavy atom. The molecule has 0 saturated heterocycles. The Morgan fingerprint density at radius 3 is 2.74 bits per heavy atom. The van der Waals surface area contributed by atoms with Gasteiger partial charge in [0.25, 0.3) is 0 Å². The van der Waals surface area contributed by atoms with Gasteiger partial charge in [-0.15, -0.1) is 12.4 Å². The van der Waals surface area contributed by atoms with Crippen LogP contribution in [-0.2, 0) is 11.3 Å². The van der Waals surface area contributed by atoms with Crippen LogP contribution in [-0.4, -0.2) is 31.0 Å². The van der Waals surface area contributed by atoms with E-state index in [0.717, 1.165) is 17.9 Å². The highest BCUT2D eigenvalue weighted by atomic mass is 35.5. The van der Waals surface area contributed by atoms with Crippen molar-refractivity contribution in [2.24, 2.45) is 5.73 Å². The SMILES string of the molecule is CCCC(N)C(=O)NCc1cccc(N(C)C)n1.Cl. The Balaban J connectivity index is 0.00000324. The lowest BCUT2D eigenvalue weighted by Crippen LogP contribution is -2.40. The largest absolute Gasteiger partial charge is 0.363 e. The molecule has 0 aliphatic rings. The van der Waals surface area contributed by atoms with Gasteiger partial charge in [-0.1, -0.05) is 19.4 Å². The molecule has 1 atom stereocenters. The summed E-state index contributed by atoms with van der Waals surface area (Å²) in [6, 6.07) is 5.31. The summed E-state index contributed by atoms with van der Waals surface area (Å²) < 4.78 is 0. The molecule has 1 heterocycles. The Labute approximate surface area is 121 Å². The number of halogens is 1. The molecule has 1 unspecified atom stereocenters. The van der Waals surface area contributed by atoms with Crippen molar-refractivity contribution in [3.63, 3.8) is 0 Å². The predicted octanol–water partition coefficient (Wildman–Crippen LogP) is 1.31. The number of carbonyl (C=O) groups is 1. The summed E-state index contributed by atoms with van der Waals surface area (Å²) in [5, 5.41) is 2.80. The van der Waals surface area contributed by atoms with Crippen LogP contribution in [0.4, 0.5) is 5.82 Å². The van der Waals surface area contributed by atoms with Crippen LogP contribution in [0.1, 0.15) is 25.5 Å². The first-order chi connectivity index (χ1) is 8.54. The molecule has 0 aromatic carbocycles. The van der Waals surface area contributed by atoms with E-state index in [0.29, 0.717) is 13.0 Å². The number of amides is 1. The molecule has 1 rings (SSSR count). The molecule has 5 nitrogen and oxygen atoms in total. The third kappa shape index (κ3) is 5.89. The van der Waals surface area contributed by atoms with Gasteiger partial charge in [0.1, 0.15) is 5.82 Å². The average Bonchev–Trinajstić information content (AvgIpc) is 2.36. The van der Waals surface area contributed by atoms with Gasteiger partial charge in [-0.25, -0.2) is 4.98 Å². The Kier molecular flexibility index (Phi) is 8.11. The Hall–Kier alpha value is -1.33. The average molecular weight is 287 g/mol. The monoisotopic (exact) mass is 286 g/mol. The number of nitrogens with zero attached hydrogens (tertiary/aromatic N) is 2. The minimum absolute atomic E-state index is 0. The molecule has 0 bridgehead atoms. The highest BCUT2D eigenvalue weighted by Crippen LogP contribution is 2.07. The first-order valence-corrected chi connectivity index (χ1v) is 6.21. The maximum Gasteiger partial charge on any atom is 0.237 e. The zero-order valence-electron chi connectivity index (χ0n) is 11.7. The van der Waals surface area contributed by atoms with E-state index >= 15 is 0 Å². The normalized spacial score (nSPS) is 11.4. The number of carbonyl (C=O) groups excluding carboxylic acids is 1. The molecule has 1 aromatic heterocycles. The third-order valence-electron chi connectivity index (χ3n) is 2.63. The number of nitrogens with two attached hydrogens (primary N) is 1. The molecule has 0 radical (unpaired) electrons. The molecule has 1 amide bonds. The highest BCUT2D eigenvalue weighted by molar-refractivity contribution is 5.85. The van der Waals surface area contributed by atoms with Crippen LogP contribution in [0.25, 0.3) is 0 Å². The summed E-state index contributed by atoms with van der Waals surface area (Å²) in [6.45, 7) is 2.42. The topological polar surface area (TPSA) is 71.2 Å². The number of rotatable bonds is 6. The summed E-state index contributed by atoms with van der Waals surface area (Å²) in [6.07, 6.45) is 1.61. The summed E-state index contributed by atoms with van der Waals surface area (Å²) in [4.78, 5) is 18.0. The lowest BCUT2D eigenvalue weighted by molar-refractivity contribution is -0.122. The van der Waals surface area contributed by atoms with Crippen molar-refractivity contribution < 1.29 is 4.79 Å². The second-order valence-electron chi connectivity index (χ2n) is 4.49. The van der Waals surface area contributed by atoms with Crippen molar-refractivity contribution in [1.82, 2.24) is 10.3 Å². The van der Waals surface area contributed by atoms with Crippen LogP contribution in [0.15, 0.2) is 18.2 Å². The van der Waals surface area contributed by atoms with Gasteiger partial charge in [-0.05, 0) is 18.6 Å². The summed E-state index contributed by atoms with van der Waals surface area (Å²) in [7, 11) is 3.86. The zero-order valence-corrected chi connectivity index (χ0v) is 12.5. The van der Waals surface area contributed by atoms with Crippen molar-refractivity contribution in [3.05, 3.63) is 23.9 Å². The lowest BCUT2D eigenvalue weighted by Gasteiger charge is -2.14. The number of aromatic nitrogens is 1. The summed E-state index contributed by atoms with van der Waals surface area (Å²) in [5.74, 6) is 0.758. The third-order valence-corrected chi connectivity index (χ3v) is 2.63. The highest BCUT2D eigenvalue weighted by Gasteiger charge is 2.11. The van der Waals surface area contributed by atoms with Crippen LogP contribution in [0.5, 0.6) is 0 Å². The number of anilines is 1. The molecule has 108 valence electrons. The molecule has 6 heteroatoms. The van der Waals surface area contributed by atoms with Crippen molar-refractivity contribution in [2.45, 2.75) is 32.4 Å². The van der Waals surface area contributed by atoms with Crippen molar-refractivity contribution in [3.8, 4) is 0 Å². The van der Waals surface area contributed by atoms with Gasteiger partial charge in [-0.3, -0.25) is 4.79 Å². The molecule has 19 heavy (non-hydrogen) atoms. The maximum atomic E-state index is 11.7. The maximum absolute atomic E-state index is 11.7. The molecule has 0 aliphatic carbocycles. The van der Waals surface area contributed by atoms with Crippen molar-refractivity contribution >= 4 is 24.1 Å². The van der Waals surface area contributed by atoms with Gasteiger partial charge in [0.15, 0.2) is 0 Å². The second-order valence-corrected chi connectivity index (χ2v) is 4.49. The molecule has 0 fully saturated rings. The first-order valence-electron chi connectivity index (χ1n) is 6.21. The van der Waals surface area contributed by atoms with Crippen molar-refractivity contribution in [1.29, 1.82) is 0 Å². The molecule has 0 spiro atoms. The van der Waals surface area contributed by atoms with E-state index in [1.54, 1.807) is 0 Å². The zero-order chi connectivity index (χ0) is 13.5. The van der Waals surface area contributed by atoms with Gasteiger partial charge in [-0.2, -0.15) is 0 Å². The Bertz CT molecular complexity index is 398. The second kappa shape index (κ2) is 8.72. The fourth-order valence-corrected chi connectivity index (χ4v) is 1.57. The van der Waals surface area contributed by atoms with E-state index in [-0.39, 0.29) is 18.3 Å². The van der Waals surface area contributed by atoms with Crippen LogP contribution >= 0.6 is 12.4 Å². The quantitative estimate of drug-likeness (QED) is 0.827. The van der Waals surface area contributed by atoms with Crippen LogP contribution < -0.4 is 16.0 Å². The van der Waals surface area contributed by atoms with Gasteiger partial charge in [0.05, 0.1) is 18.3 Å². The first kappa shape index (κ1) is 17.7. The molecule has 0 aliphatic heterocycles. The van der Waals surface area contributed by atoms with Crippen LogP contribution in [0.2, 0.25) is 0 Å². The molecular weight excluding hydrogens is 264 g/mol. The lowest BCUT2D eigenvalue weighted by atomic mass is 10.1. The number of hydrogen-bond donors (Lipinski definition) is 2. The molecular formula is C13H23ClN4O. The predicted molar refractivity (Wildman–Crippen MR) is 80.5 cm³/mol. The standard InChI is InChI=1S/C13H22N4O.ClH/c1-4-6-11(14)13(18)15-9-10-7-5-8-12(16-10)17(2)3;/h5,7-8,11H,4,6,9,14H2,1-3H3,(H,15,18);1H. The van der Waals surface area contributed by atoms with Crippen LogP contribution in [0.3, 0.4) is 0 Å². The summed E-state index contributed by atoms with van der Waals surface area (Å²) in [5.41, 5.74) is 6.56. The Morgan fingerprint density at radius 2 is 2.16 bits per heavy atom. The molecule has 0 saturated carbocycles. The summed E-state index contributed by atoms with van der Waals surface area (Å²) >= 11 is 0. The van der Waals surface area contributed by atoms with Crippen LogP contribution in [0, 0.1) is 0 Å². The van der Waals surface area contributed by atoms with E-state index in [2.05, 4.69) is 10.3 Å². The van der Waals surface area contributed by atoms with E-state index in [1.807, 2.05) is 44.1 Å². The minimum Gasteiger partial charge on any atom is -0.363 e. The molecule has 1 aromatic rings. The minimum atomic E-state index is -0.424. The number of pyridine rings is 1. The van der Waals surface area contributed by atoms with Gasteiger partial charge in [0.2, 0.25) is 5.91 Å². The smallest absolute Gasteiger partial charge is 0.237 e. The fourth-order valence-electron chi connectivity index (χ4n) is 1.57.